The fourth-order valence-electron chi connectivity index (χ4n) is 3.64. The van der Waals surface area contributed by atoms with E-state index in [1.165, 1.54) is 19.2 Å². The molecule has 6 nitrogen and oxygen atoms in total. The molecular weight excluding hydrogens is 399 g/mol. The van der Waals surface area contributed by atoms with Crippen molar-refractivity contribution in [3.8, 4) is 11.8 Å². The number of hydrogen-bond acceptors (Lipinski definition) is 6. The van der Waals surface area contributed by atoms with Crippen molar-refractivity contribution >= 4 is 5.97 Å². The molecule has 0 fully saturated rings. The third-order valence-electron chi connectivity index (χ3n) is 5.25. The zero-order valence-corrected chi connectivity index (χ0v) is 17.8. The molecule has 1 heterocycles. The molecular formula is C24H23FN2O4. The summed E-state index contributed by atoms with van der Waals surface area (Å²) < 4.78 is 29.3. The minimum Gasteiger partial charge on any atom is -0.489 e. The number of ether oxygens (including phenoxy) is 3. The van der Waals surface area contributed by atoms with E-state index in [9.17, 15) is 14.4 Å². The van der Waals surface area contributed by atoms with Gasteiger partial charge in [-0.25, -0.2) is 9.18 Å². The molecule has 1 aliphatic rings. The minimum atomic E-state index is -0.726. The van der Waals surface area contributed by atoms with Gasteiger partial charge in [0.25, 0.3) is 0 Å². The summed E-state index contributed by atoms with van der Waals surface area (Å²) in [7, 11) is 1.28. The number of carbonyl (C=O) groups excluding carboxylic acids is 1. The maximum Gasteiger partial charge on any atom is 0.338 e. The molecule has 1 aliphatic heterocycles. The van der Waals surface area contributed by atoms with E-state index in [-0.39, 0.29) is 35.2 Å². The molecule has 0 radical (unpaired) electrons. The van der Waals surface area contributed by atoms with Gasteiger partial charge in [-0.2, -0.15) is 5.26 Å². The van der Waals surface area contributed by atoms with Gasteiger partial charge in [0.1, 0.15) is 35.6 Å². The van der Waals surface area contributed by atoms with E-state index >= 15 is 0 Å². The molecule has 2 aromatic rings. The number of nitrogens with two attached hydrogens (primary N) is 1. The molecule has 2 aromatic carbocycles. The molecule has 0 saturated carbocycles. The molecule has 3 rings (SSSR count). The highest BCUT2D eigenvalue weighted by atomic mass is 19.1. The number of carbonyl (C=O) groups is 1. The predicted molar refractivity (Wildman–Crippen MR) is 112 cm³/mol. The molecule has 2 N–H and O–H groups in total. The average molecular weight is 422 g/mol. The van der Waals surface area contributed by atoms with Crippen LogP contribution in [0.25, 0.3) is 0 Å². The van der Waals surface area contributed by atoms with Crippen molar-refractivity contribution in [3.63, 3.8) is 0 Å². The van der Waals surface area contributed by atoms with Crippen LogP contribution in [0.4, 0.5) is 4.39 Å². The van der Waals surface area contributed by atoms with Crippen molar-refractivity contribution < 1.29 is 23.4 Å². The van der Waals surface area contributed by atoms with Crippen LogP contribution in [0.3, 0.4) is 0 Å². The number of rotatable bonds is 5. The second kappa shape index (κ2) is 8.92. The summed E-state index contributed by atoms with van der Waals surface area (Å²) in [5, 5.41) is 9.74. The SMILES string of the molecule is COC(=O)C1=C(C)OC(N)=C(C#N)[C@H]1c1cc(COc2ccc(F)cc2)c(C)cc1C. The van der Waals surface area contributed by atoms with Crippen molar-refractivity contribution in [2.24, 2.45) is 5.73 Å². The van der Waals surface area contributed by atoms with Crippen LogP contribution in [0.15, 0.2) is 59.2 Å². The van der Waals surface area contributed by atoms with Gasteiger partial charge < -0.3 is 19.9 Å². The van der Waals surface area contributed by atoms with Gasteiger partial charge in [-0.1, -0.05) is 12.1 Å². The van der Waals surface area contributed by atoms with Crippen LogP contribution in [0, 0.1) is 31.0 Å². The summed E-state index contributed by atoms with van der Waals surface area (Å²) in [6.07, 6.45) is 0. The maximum atomic E-state index is 13.1. The number of methoxy groups -OCH3 is 1. The largest absolute Gasteiger partial charge is 0.489 e. The van der Waals surface area contributed by atoms with Crippen LogP contribution in [-0.4, -0.2) is 13.1 Å². The summed E-state index contributed by atoms with van der Waals surface area (Å²) in [5.74, 6) is -0.879. The van der Waals surface area contributed by atoms with Gasteiger partial charge >= 0.3 is 5.97 Å². The van der Waals surface area contributed by atoms with Crippen molar-refractivity contribution in [3.05, 3.63) is 87.3 Å². The van der Waals surface area contributed by atoms with Crippen molar-refractivity contribution in [1.82, 2.24) is 0 Å². The van der Waals surface area contributed by atoms with Gasteiger partial charge in [-0.05, 0) is 67.3 Å². The van der Waals surface area contributed by atoms with Crippen LogP contribution in [-0.2, 0) is 20.9 Å². The summed E-state index contributed by atoms with van der Waals surface area (Å²) in [6.45, 7) is 5.69. The van der Waals surface area contributed by atoms with Gasteiger partial charge in [0.05, 0.1) is 18.6 Å². The van der Waals surface area contributed by atoms with Crippen molar-refractivity contribution in [2.75, 3.05) is 7.11 Å². The number of nitriles is 1. The Morgan fingerprint density at radius 1 is 1.19 bits per heavy atom. The molecule has 0 spiro atoms. The fourth-order valence-corrected chi connectivity index (χ4v) is 3.64. The summed E-state index contributed by atoms with van der Waals surface area (Å²) in [5.41, 5.74) is 9.78. The molecule has 0 unspecified atom stereocenters. The Hall–Kier alpha value is -3.79. The van der Waals surface area contributed by atoms with E-state index in [4.69, 9.17) is 19.9 Å². The molecule has 0 aliphatic carbocycles. The monoisotopic (exact) mass is 422 g/mol. The second-order valence-electron chi connectivity index (χ2n) is 7.26. The third kappa shape index (κ3) is 4.38. The highest BCUT2D eigenvalue weighted by Gasteiger charge is 2.37. The summed E-state index contributed by atoms with van der Waals surface area (Å²) in [6, 6.07) is 11.7. The Balaban J connectivity index is 2.06. The van der Waals surface area contributed by atoms with Crippen LogP contribution in [0.1, 0.15) is 35.1 Å². The van der Waals surface area contributed by atoms with Gasteiger partial charge in [0.2, 0.25) is 5.88 Å². The van der Waals surface area contributed by atoms with Gasteiger partial charge in [-0.3, -0.25) is 0 Å². The number of nitrogens with zero attached hydrogens (tertiary/aromatic N) is 1. The molecule has 0 bridgehead atoms. The minimum absolute atomic E-state index is 0.0401. The Morgan fingerprint density at radius 2 is 1.87 bits per heavy atom. The maximum absolute atomic E-state index is 13.1. The third-order valence-corrected chi connectivity index (χ3v) is 5.25. The topological polar surface area (TPSA) is 94.6 Å². The first-order valence-corrected chi connectivity index (χ1v) is 9.61. The first-order chi connectivity index (χ1) is 14.8. The molecule has 1 atom stereocenters. The normalized spacial score (nSPS) is 15.9. The van der Waals surface area contributed by atoms with Gasteiger partial charge in [0, 0.05) is 0 Å². The molecule has 160 valence electrons. The van der Waals surface area contributed by atoms with Crippen molar-refractivity contribution in [1.29, 1.82) is 5.26 Å². The van der Waals surface area contributed by atoms with E-state index in [1.54, 1.807) is 19.1 Å². The second-order valence-corrected chi connectivity index (χ2v) is 7.26. The Bertz CT molecular complexity index is 1130. The molecule has 0 aromatic heterocycles. The number of allylic oxidation sites excluding steroid dienone is 2. The van der Waals surface area contributed by atoms with Gasteiger partial charge in [0.15, 0.2) is 0 Å². The molecule has 31 heavy (non-hydrogen) atoms. The summed E-state index contributed by atoms with van der Waals surface area (Å²) in [4.78, 5) is 12.5. The lowest BCUT2D eigenvalue weighted by Gasteiger charge is -2.28. The molecule has 7 heteroatoms. The quantitative estimate of drug-likeness (QED) is 0.723. The van der Waals surface area contributed by atoms with Crippen LogP contribution in [0.2, 0.25) is 0 Å². The number of benzene rings is 2. The number of halogens is 1. The zero-order valence-electron chi connectivity index (χ0n) is 17.8. The predicted octanol–water partition coefficient (Wildman–Crippen LogP) is 4.28. The van der Waals surface area contributed by atoms with E-state index in [0.29, 0.717) is 5.75 Å². The highest BCUT2D eigenvalue weighted by molar-refractivity contribution is 5.92. The van der Waals surface area contributed by atoms with E-state index in [2.05, 4.69) is 6.07 Å². The lowest BCUT2D eigenvalue weighted by Crippen LogP contribution is -2.25. The standard InChI is InChI=1S/C24H23FN2O4/c1-13-9-14(2)19(10-16(13)12-30-18-7-5-17(25)6-8-18)22-20(11-26)23(27)31-15(3)21(22)24(28)29-4/h5-10,22H,12,27H2,1-4H3/t22-/m1/s1. The summed E-state index contributed by atoms with van der Waals surface area (Å²) >= 11 is 0. The first-order valence-electron chi connectivity index (χ1n) is 9.61. The zero-order chi connectivity index (χ0) is 22.7. The Labute approximate surface area is 180 Å². The number of aryl methyl sites for hydroxylation is 2. The van der Waals surface area contributed by atoms with Crippen LogP contribution >= 0.6 is 0 Å². The van der Waals surface area contributed by atoms with Crippen molar-refractivity contribution in [2.45, 2.75) is 33.3 Å². The smallest absolute Gasteiger partial charge is 0.338 e. The van der Waals surface area contributed by atoms with E-state index in [1.807, 2.05) is 26.0 Å². The first kappa shape index (κ1) is 21.9. The molecule has 0 saturated heterocycles. The lowest BCUT2D eigenvalue weighted by molar-refractivity contribution is -0.136. The highest BCUT2D eigenvalue weighted by Crippen LogP contribution is 2.41. The molecule has 0 amide bonds. The van der Waals surface area contributed by atoms with E-state index in [0.717, 1.165) is 22.3 Å². The number of hydrogen-bond donors (Lipinski definition) is 1. The fraction of sp³-hybridized carbons (Fsp3) is 0.250. The van der Waals surface area contributed by atoms with E-state index < -0.39 is 11.9 Å². The van der Waals surface area contributed by atoms with Crippen LogP contribution in [0.5, 0.6) is 5.75 Å². The number of esters is 1. The average Bonchev–Trinajstić information content (AvgIpc) is 2.73. The van der Waals surface area contributed by atoms with Crippen LogP contribution < -0.4 is 10.5 Å². The van der Waals surface area contributed by atoms with Gasteiger partial charge in [-0.15, -0.1) is 0 Å². The lowest BCUT2D eigenvalue weighted by atomic mass is 9.80. The Morgan fingerprint density at radius 3 is 2.48 bits per heavy atom. The Kier molecular flexibility index (Phi) is 6.30.